The lowest BCUT2D eigenvalue weighted by Crippen LogP contribution is -2.37. The number of aromatic nitrogens is 1. The minimum Gasteiger partial charge on any atom is -0.480 e. The number of likely N-dealkylation sites (N-methyl/N-ethyl adjacent to an activating group) is 1. The van der Waals surface area contributed by atoms with Crippen LogP contribution in [0.4, 0.5) is 0 Å². The fourth-order valence-corrected chi connectivity index (χ4v) is 2.28. The molecular formula is C16H17BrN2O2. The molecule has 4 nitrogen and oxygen atoms in total. The van der Waals surface area contributed by atoms with Gasteiger partial charge in [0.2, 0.25) is 0 Å². The van der Waals surface area contributed by atoms with Crippen molar-refractivity contribution >= 4 is 21.8 Å². The second kappa shape index (κ2) is 7.22. The average Bonchev–Trinajstić information content (AvgIpc) is 2.49. The summed E-state index contributed by atoms with van der Waals surface area (Å²) in [5.41, 5.74) is 0.849. The second-order valence-corrected chi connectivity index (χ2v) is 5.56. The number of halogens is 1. The Morgan fingerprint density at radius 3 is 2.67 bits per heavy atom. The van der Waals surface area contributed by atoms with Crippen LogP contribution in [0.1, 0.15) is 12.6 Å². The number of benzene rings is 1. The lowest BCUT2D eigenvalue weighted by atomic mass is 10.3. The van der Waals surface area contributed by atoms with Gasteiger partial charge in [0, 0.05) is 13.2 Å². The van der Waals surface area contributed by atoms with Crippen molar-refractivity contribution < 1.29 is 9.53 Å². The summed E-state index contributed by atoms with van der Waals surface area (Å²) in [6.45, 7) is 2.21. The molecule has 2 aromatic rings. The molecular weight excluding hydrogens is 332 g/mol. The fraction of sp³-hybridized carbons (Fsp3) is 0.250. The molecule has 110 valence electrons. The standard InChI is InChI=1S/C16H17BrN2O2/c1-12(21-15-9-4-3-8-14(15)17)16(20)19(2)11-13-7-5-6-10-18-13/h3-10,12H,11H2,1-2H3. The number of pyridine rings is 1. The maximum Gasteiger partial charge on any atom is 0.263 e. The van der Waals surface area contributed by atoms with Crippen LogP contribution in [0.2, 0.25) is 0 Å². The highest BCUT2D eigenvalue weighted by Gasteiger charge is 2.20. The van der Waals surface area contributed by atoms with Gasteiger partial charge in [0.05, 0.1) is 16.7 Å². The van der Waals surface area contributed by atoms with Crippen LogP contribution in [-0.2, 0) is 11.3 Å². The Morgan fingerprint density at radius 2 is 2.00 bits per heavy atom. The van der Waals surface area contributed by atoms with Crippen LogP contribution >= 0.6 is 15.9 Å². The summed E-state index contributed by atoms with van der Waals surface area (Å²) in [5, 5.41) is 0. The van der Waals surface area contributed by atoms with Gasteiger partial charge in [0.25, 0.3) is 5.91 Å². The van der Waals surface area contributed by atoms with Gasteiger partial charge in [-0.2, -0.15) is 0 Å². The topological polar surface area (TPSA) is 42.4 Å². The zero-order valence-corrected chi connectivity index (χ0v) is 13.6. The van der Waals surface area contributed by atoms with Crippen molar-refractivity contribution in [3.8, 4) is 5.75 Å². The number of ether oxygens (including phenoxy) is 1. The molecule has 0 N–H and O–H groups in total. The van der Waals surface area contributed by atoms with Crippen LogP contribution < -0.4 is 4.74 Å². The van der Waals surface area contributed by atoms with Crippen LogP contribution in [0.5, 0.6) is 5.75 Å². The van der Waals surface area contributed by atoms with E-state index < -0.39 is 6.10 Å². The number of amides is 1. The Balaban J connectivity index is 1.97. The molecule has 2 rings (SSSR count). The number of hydrogen-bond acceptors (Lipinski definition) is 3. The number of hydrogen-bond donors (Lipinski definition) is 0. The van der Waals surface area contributed by atoms with Crippen LogP contribution in [0, 0.1) is 0 Å². The first-order valence-corrected chi connectivity index (χ1v) is 7.43. The number of para-hydroxylation sites is 1. The number of carbonyl (C=O) groups is 1. The van der Waals surface area contributed by atoms with Crippen molar-refractivity contribution in [1.82, 2.24) is 9.88 Å². The third-order valence-electron chi connectivity index (χ3n) is 2.99. The van der Waals surface area contributed by atoms with E-state index >= 15 is 0 Å². The summed E-state index contributed by atoms with van der Waals surface area (Å²) in [6.07, 6.45) is 1.16. The third kappa shape index (κ3) is 4.29. The summed E-state index contributed by atoms with van der Waals surface area (Å²) < 4.78 is 6.54. The SMILES string of the molecule is CC(Oc1ccccc1Br)C(=O)N(C)Cc1ccccn1. The van der Waals surface area contributed by atoms with Crippen LogP contribution in [0.15, 0.2) is 53.1 Å². The van der Waals surface area contributed by atoms with Crippen molar-refractivity contribution in [1.29, 1.82) is 0 Å². The fourth-order valence-electron chi connectivity index (χ4n) is 1.90. The quantitative estimate of drug-likeness (QED) is 0.832. The number of rotatable bonds is 5. The first-order chi connectivity index (χ1) is 10.1. The van der Waals surface area contributed by atoms with E-state index in [0.29, 0.717) is 12.3 Å². The third-order valence-corrected chi connectivity index (χ3v) is 3.64. The predicted octanol–water partition coefficient (Wildman–Crippen LogP) is 3.27. The Kier molecular flexibility index (Phi) is 5.33. The maximum absolute atomic E-state index is 12.3. The smallest absolute Gasteiger partial charge is 0.263 e. The molecule has 1 aromatic carbocycles. The highest BCUT2D eigenvalue weighted by Crippen LogP contribution is 2.25. The molecule has 21 heavy (non-hydrogen) atoms. The molecule has 0 aliphatic carbocycles. The molecule has 1 heterocycles. The molecule has 1 atom stereocenters. The minimum absolute atomic E-state index is 0.0867. The Morgan fingerprint density at radius 1 is 1.29 bits per heavy atom. The van der Waals surface area contributed by atoms with Crippen LogP contribution in [0.3, 0.4) is 0 Å². The second-order valence-electron chi connectivity index (χ2n) is 4.71. The Labute approximate surface area is 132 Å². The molecule has 1 amide bonds. The Hall–Kier alpha value is -1.88. The predicted molar refractivity (Wildman–Crippen MR) is 84.9 cm³/mol. The summed E-state index contributed by atoms with van der Waals surface area (Å²) in [7, 11) is 1.75. The largest absolute Gasteiger partial charge is 0.480 e. The van der Waals surface area contributed by atoms with Crippen molar-refractivity contribution in [2.75, 3.05) is 7.05 Å². The van der Waals surface area contributed by atoms with E-state index in [1.807, 2.05) is 42.5 Å². The molecule has 0 spiro atoms. The normalized spacial score (nSPS) is 11.8. The average molecular weight is 349 g/mol. The maximum atomic E-state index is 12.3. The van der Waals surface area contributed by atoms with Gasteiger partial charge in [-0.25, -0.2) is 0 Å². The van der Waals surface area contributed by atoms with Crippen LogP contribution in [0.25, 0.3) is 0 Å². The molecule has 5 heteroatoms. The molecule has 1 aromatic heterocycles. The van der Waals surface area contributed by atoms with E-state index in [9.17, 15) is 4.79 Å². The van der Waals surface area contributed by atoms with Gasteiger partial charge in [-0.1, -0.05) is 18.2 Å². The zero-order chi connectivity index (χ0) is 15.2. The van der Waals surface area contributed by atoms with Gasteiger partial charge in [-0.05, 0) is 47.1 Å². The molecule has 0 saturated heterocycles. The number of nitrogens with zero attached hydrogens (tertiary/aromatic N) is 2. The summed E-state index contributed by atoms with van der Waals surface area (Å²) >= 11 is 3.40. The molecule has 0 aliphatic rings. The molecule has 0 fully saturated rings. The van der Waals surface area contributed by atoms with Gasteiger partial charge >= 0.3 is 0 Å². The molecule has 0 bridgehead atoms. The van der Waals surface area contributed by atoms with E-state index in [2.05, 4.69) is 20.9 Å². The van der Waals surface area contributed by atoms with E-state index in [0.717, 1.165) is 10.2 Å². The lowest BCUT2D eigenvalue weighted by molar-refractivity contribution is -0.137. The first kappa shape index (κ1) is 15.5. The molecule has 0 aliphatic heterocycles. The van der Waals surface area contributed by atoms with Gasteiger partial charge in [-0.3, -0.25) is 9.78 Å². The summed E-state index contributed by atoms with van der Waals surface area (Å²) in [5.74, 6) is 0.570. The van der Waals surface area contributed by atoms with E-state index in [1.165, 1.54) is 0 Å². The Bertz CT molecular complexity index is 604. The summed E-state index contributed by atoms with van der Waals surface area (Å²) in [4.78, 5) is 18.2. The van der Waals surface area contributed by atoms with Gasteiger partial charge < -0.3 is 9.64 Å². The monoisotopic (exact) mass is 348 g/mol. The number of carbonyl (C=O) groups excluding carboxylic acids is 1. The first-order valence-electron chi connectivity index (χ1n) is 6.64. The summed E-state index contributed by atoms with van der Waals surface area (Å²) in [6, 6.07) is 13.1. The van der Waals surface area contributed by atoms with Gasteiger partial charge in [0.15, 0.2) is 6.10 Å². The highest BCUT2D eigenvalue weighted by molar-refractivity contribution is 9.10. The molecule has 0 saturated carbocycles. The van der Waals surface area contributed by atoms with Crippen molar-refractivity contribution in [3.63, 3.8) is 0 Å². The molecule has 0 radical (unpaired) electrons. The van der Waals surface area contributed by atoms with Gasteiger partial charge in [-0.15, -0.1) is 0 Å². The van der Waals surface area contributed by atoms with Gasteiger partial charge in [0.1, 0.15) is 5.75 Å². The van der Waals surface area contributed by atoms with Crippen molar-refractivity contribution in [2.24, 2.45) is 0 Å². The van der Waals surface area contributed by atoms with Crippen molar-refractivity contribution in [3.05, 3.63) is 58.8 Å². The minimum atomic E-state index is -0.558. The van der Waals surface area contributed by atoms with Crippen molar-refractivity contribution in [2.45, 2.75) is 19.6 Å². The lowest BCUT2D eigenvalue weighted by Gasteiger charge is -2.22. The van der Waals surface area contributed by atoms with E-state index in [4.69, 9.17) is 4.74 Å². The van der Waals surface area contributed by atoms with Crippen LogP contribution in [-0.4, -0.2) is 28.9 Å². The highest BCUT2D eigenvalue weighted by atomic mass is 79.9. The van der Waals surface area contributed by atoms with E-state index in [1.54, 1.807) is 25.1 Å². The van der Waals surface area contributed by atoms with E-state index in [-0.39, 0.29) is 5.91 Å². The zero-order valence-electron chi connectivity index (χ0n) is 12.0. The molecule has 1 unspecified atom stereocenters.